The van der Waals surface area contributed by atoms with E-state index in [2.05, 4.69) is 25.7 Å². The number of aromatic nitrogens is 1. The molecule has 4 rings (SSSR count). The first-order chi connectivity index (χ1) is 15.3. The number of hydrogen-bond acceptors (Lipinski definition) is 7. The van der Waals surface area contributed by atoms with E-state index in [1.165, 1.54) is 29.3 Å². The average molecular weight is 473 g/mol. The monoisotopic (exact) mass is 472 g/mol. The number of nitrogens with zero attached hydrogens (tertiary/aromatic N) is 2. The van der Waals surface area contributed by atoms with Crippen molar-refractivity contribution in [2.75, 3.05) is 22.0 Å². The van der Waals surface area contributed by atoms with Crippen molar-refractivity contribution in [1.82, 2.24) is 15.6 Å². The molecule has 0 saturated carbocycles. The summed E-state index contributed by atoms with van der Waals surface area (Å²) in [6.45, 7) is 0.396. The lowest BCUT2D eigenvalue weighted by Crippen LogP contribution is -2.54. The van der Waals surface area contributed by atoms with Crippen LogP contribution in [0.4, 0.5) is 21.3 Å². The Hall–Kier alpha value is -3.48. The predicted octanol–water partition coefficient (Wildman–Crippen LogP) is 2.16. The van der Waals surface area contributed by atoms with Gasteiger partial charge in [0.05, 0.1) is 4.90 Å². The molecule has 3 aromatic rings. The highest BCUT2D eigenvalue weighted by Gasteiger charge is 2.28. The lowest BCUT2D eigenvalue weighted by molar-refractivity contribution is -0.120. The molecular formula is C20H20N6O4S2. The van der Waals surface area contributed by atoms with Gasteiger partial charge in [0.2, 0.25) is 0 Å². The molecule has 1 aromatic heterocycles. The van der Waals surface area contributed by atoms with Gasteiger partial charge in [0.25, 0.3) is 15.9 Å². The van der Waals surface area contributed by atoms with E-state index in [1.807, 2.05) is 24.3 Å². The number of thiazole rings is 1. The van der Waals surface area contributed by atoms with Crippen LogP contribution in [0.1, 0.15) is 5.56 Å². The molecule has 0 aliphatic carbocycles. The number of para-hydroxylation sites is 1. The number of carbonyl (C=O) groups excluding carboxylic acids is 2. The van der Waals surface area contributed by atoms with Crippen LogP contribution in [-0.4, -0.2) is 38.6 Å². The lowest BCUT2D eigenvalue weighted by Gasteiger charge is -2.22. The van der Waals surface area contributed by atoms with E-state index in [-0.39, 0.29) is 21.6 Å². The predicted molar refractivity (Wildman–Crippen MR) is 122 cm³/mol. The molecule has 4 N–H and O–H groups in total. The minimum atomic E-state index is -3.87. The van der Waals surface area contributed by atoms with Gasteiger partial charge < -0.3 is 15.5 Å². The van der Waals surface area contributed by atoms with Gasteiger partial charge in [0, 0.05) is 36.5 Å². The van der Waals surface area contributed by atoms with E-state index in [0.29, 0.717) is 6.54 Å². The van der Waals surface area contributed by atoms with Crippen molar-refractivity contribution in [2.24, 2.45) is 0 Å². The van der Waals surface area contributed by atoms with Crippen molar-refractivity contribution in [3.8, 4) is 0 Å². The minimum absolute atomic E-state index is 0.0376. The number of likely N-dealkylation sites (N-methyl/N-ethyl adjacent to an activating group) is 1. The number of benzene rings is 2. The molecule has 12 heteroatoms. The summed E-state index contributed by atoms with van der Waals surface area (Å²) in [6.07, 6.45) is 0.537. The highest BCUT2D eigenvalue weighted by molar-refractivity contribution is 7.93. The van der Waals surface area contributed by atoms with Crippen LogP contribution >= 0.6 is 11.3 Å². The molecular weight excluding hydrogens is 452 g/mol. The molecule has 1 atom stereocenters. The first-order valence-electron chi connectivity index (χ1n) is 9.52. The van der Waals surface area contributed by atoms with Gasteiger partial charge in [-0.1, -0.05) is 24.3 Å². The van der Waals surface area contributed by atoms with Gasteiger partial charge in [-0.15, -0.1) is 11.3 Å². The number of amides is 3. The van der Waals surface area contributed by atoms with E-state index < -0.39 is 22.2 Å². The maximum atomic E-state index is 12.8. The Balaban J connectivity index is 1.43. The van der Waals surface area contributed by atoms with Crippen LogP contribution in [0.5, 0.6) is 0 Å². The van der Waals surface area contributed by atoms with Crippen molar-refractivity contribution in [3.05, 3.63) is 65.7 Å². The topological polar surface area (TPSA) is 133 Å². The van der Waals surface area contributed by atoms with E-state index in [9.17, 15) is 18.0 Å². The molecule has 10 nitrogen and oxygen atoms in total. The molecule has 1 unspecified atom stereocenters. The Morgan fingerprint density at radius 1 is 1.22 bits per heavy atom. The van der Waals surface area contributed by atoms with Crippen LogP contribution in [0.15, 0.2) is 65.0 Å². The number of urea groups is 1. The van der Waals surface area contributed by atoms with E-state index in [0.717, 1.165) is 22.6 Å². The summed E-state index contributed by atoms with van der Waals surface area (Å²) >= 11 is 1.15. The zero-order valence-electron chi connectivity index (χ0n) is 16.9. The quantitative estimate of drug-likeness (QED) is 0.450. The Morgan fingerprint density at radius 2 is 2.03 bits per heavy atom. The van der Waals surface area contributed by atoms with Gasteiger partial charge in [-0.25, -0.2) is 18.2 Å². The zero-order valence-corrected chi connectivity index (χ0v) is 18.5. The summed E-state index contributed by atoms with van der Waals surface area (Å²) in [5, 5.41) is 10.1. The average Bonchev–Trinajstić information content (AvgIpc) is 3.24. The fraction of sp³-hybridized carbons (Fsp3) is 0.150. The van der Waals surface area contributed by atoms with Crippen molar-refractivity contribution < 1.29 is 18.0 Å². The number of anilines is 3. The smallest absolute Gasteiger partial charge is 0.314 e. The number of carbonyl (C=O) groups is 2. The zero-order chi connectivity index (χ0) is 22.7. The highest BCUT2D eigenvalue weighted by atomic mass is 32.2. The van der Waals surface area contributed by atoms with E-state index >= 15 is 0 Å². The largest absolute Gasteiger partial charge is 0.320 e. The van der Waals surface area contributed by atoms with Gasteiger partial charge >= 0.3 is 6.03 Å². The van der Waals surface area contributed by atoms with Gasteiger partial charge in [0.1, 0.15) is 0 Å². The fourth-order valence-corrected chi connectivity index (χ4v) is 5.03. The highest BCUT2D eigenvalue weighted by Crippen LogP contribution is 2.23. The third-order valence-electron chi connectivity index (χ3n) is 4.76. The molecule has 0 fully saturated rings. The molecule has 0 spiro atoms. The molecule has 0 radical (unpaired) electrons. The van der Waals surface area contributed by atoms with Gasteiger partial charge in [-0.3, -0.25) is 14.8 Å². The van der Waals surface area contributed by atoms with Crippen molar-refractivity contribution in [2.45, 2.75) is 17.6 Å². The van der Waals surface area contributed by atoms with Crippen LogP contribution in [0.3, 0.4) is 0 Å². The van der Waals surface area contributed by atoms with E-state index in [1.54, 1.807) is 18.5 Å². The molecule has 3 amide bonds. The maximum Gasteiger partial charge on any atom is 0.320 e. The molecule has 2 aromatic carbocycles. The molecule has 0 saturated heterocycles. The summed E-state index contributed by atoms with van der Waals surface area (Å²) in [7, 11) is -2.22. The number of hydrogen-bond donors (Lipinski definition) is 4. The van der Waals surface area contributed by atoms with E-state index in [4.69, 9.17) is 0 Å². The second kappa shape index (κ2) is 8.94. The maximum absolute atomic E-state index is 12.8. The number of nitrogens with one attached hydrogen (secondary N) is 4. The summed E-state index contributed by atoms with van der Waals surface area (Å²) in [5.74, 6) is -0.325. The summed E-state index contributed by atoms with van der Waals surface area (Å²) in [4.78, 5) is 30.6. The number of rotatable bonds is 5. The van der Waals surface area contributed by atoms with Crippen LogP contribution in [0.2, 0.25) is 0 Å². The summed E-state index contributed by atoms with van der Waals surface area (Å²) in [5.41, 5.74) is 1.95. The second-order valence-corrected chi connectivity index (χ2v) is 9.49. The molecule has 1 aliphatic heterocycles. The Bertz CT molecular complexity index is 1250. The first-order valence-corrected chi connectivity index (χ1v) is 11.9. The lowest BCUT2D eigenvalue weighted by atomic mass is 10.1. The summed E-state index contributed by atoms with van der Waals surface area (Å²) < 4.78 is 27.5. The van der Waals surface area contributed by atoms with Crippen molar-refractivity contribution in [1.29, 1.82) is 0 Å². The minimum Gasteiger partial charge on any atom is -0.314 e. The normalized spacial score (nSPS) is 16.1. The summed E-state index contributed by atoms with van der Waals surface area (Å²) in [6, 6.07) is 12.6. The Morgan fingerprint density at radius 3 is 2.81 bits per heavy atom. The number of fused-ring (bicyclic) bond motifs is 1. The SMILES string of the molecule is CN1C(=O)C(NC(=O)Nc2cccc(S(=O)(=O)Nc3nccs3)c2)NCc2ccccc21. The molecule has 2 heterocycles. The van der Waals surface area contributed by atoms with Crippen LogP contribution in [0.25, 0.3) is 0 Å². The third kappa shape index (κ3) is 4.72. The van der Waals surface area contributed by atoms with Gasteiger partial charge in [0.15, 0.2) is 11.3 Å². The van der Waals surface area contributed by atoms with Crippen molar-refractivity contribution in [3.63, 3.8) is 0 Å². The van der Waals surface area contributed by atoms with Crippen LogP contribution in [-0.2, 0) is 21.4 Å². The molecule has 32 heavy (non-hydrogen) atoms. The van der Waals surface area contributed by atoms with Crippen LogP contribution < -0.4 is 25.6 Å². The number of sulfonamides is 1. The first kappa shape index (κ1) is 21.7. The second-order valence-electron chi connectivity index (χ2n) is 6.91. The van der Waals surface area contributed by atoms with Crippen LogP contribution in [0, 0.1) is 0 Å². The van der Waals surface area contributed by atoms with Gasteiger partial charge in [-0.2, -0.15) is 0 Å². The van der Waals surface area contributed by atoms with Crippen molar-refractivity contribution >= 4 is 49.8 Å². The fourth-order valence-electron chi connectivity index (χ4n) is 3.20. The molecule has 0 bridgehead atoms. The Kier molecular flexibility index (Phi) is 6.08. The third-order valence-corrected chi connectivity index (χ3v) is 6.91. The molecule has 1 aliphatic rings. The van der Waals surface area contributed by atoms with Gasteiger partial charge in [-0.05, 0) is 29.8 Å². The standard InChI is InChI=1S/C20H20N6O4S2/c1-26-16-8-3-2-5-13(16)12-22-17(18(26)27)24-19(28)23-14-6-4-7-15(11-14)32(29,30)25-20-21-9-10-31-20/h2-11,17,22H,12H2,1H3,(H,21,25)(H2,23,24,28). The Labute approximate surface area is 188 Å². The molecule has 166 valence electrons.